The highest BCUT2D eigenvalue weighted by molar-refractivity contribution is 7.16. The van der Waals surface area contributed by atoms with Crippen molar-refractivity contribution in [2.45, 2.75) is 31.9 Å². The predicted molar refractivity (Wildman–Crippen MR) is 124 cm³/mol. The van der Waals surface area contributed by atoms with Gasteiger partial charge in [-0.15, -0.1) is 0 Å². The fraction of sp³-hybridized carbons (Fsp3) is 0.348. The minimum Gasteiger partial charge on any atom is -0.390 e. The first kappa shape index (κ1) is 20.1. The van der Waals surface area contributed by atoms with E-state index in [0.29, 0.717) is 16.5 Å². The van der Waals surface area contributed by atoms with Crippen molar-refractivity contribution in [2.75, 3.05) is 23.7 Å². The molecule has 1 spiro atoms. The van der Waals surface area contributed by atoms with Gasteiger partial charge in [0.05, 0.1) is 18.5 Å². The first-order valence-corrected chi connectivity index (χ1v) is 11.3. The number of aliphatic hydroxyl groups excluding tert-OH is 1. The molecule has 5 rings (SSSR count). The summed E-state index contributed by atoms with van der Waals surface area (Å²) in [5.74, 6) is 0.764. The molecular formula is C23H26N6OS. The number of piperidine rings is 1. The van der Waals surface area contributed by atoms with E-state index in [-0.39, 0.29) is 18.1 Å². The molecule has 7 nitrogen and oxygen atoms in total. The van der Waals surface area contributed by atoms with Gasteiger partial charge >= 0.3 is 0 Å². The number of anilines is 2. The number of thiazole rings is 1. The topological polar surface area (TPSA) is 114 Å². The lowest BCUT2D eigenvalue weighted by molar-refractivity contribution is 0.186. The normalized spacial score (nSPS) is 19.9. The molecule has 3 heterocycles. The third-order valence-corrected chi connectivity index (χ3v) is 7.39. The molecular weight excluding hydrogens is 408 g/mol. The molecule has 0 bridgehead atoms. The molecule has 1 aromatic carbocycles. The Kier molecular flexibility index (Phi) is 5.21. The number of fused-ring (bicyclic) bond motifs is 1. The zero-order valence-corrected chi connectivity index (χ0v) is 18.1. The predicted octanol–water partition coefficient (Wildman–Crippen LogP) is 3.02. The fourth-order valence-electron chi connectivity index (χ4n) is 4.90. The van der Waals surface area contributed by atoms with Gasteiger partial charge in [-0.05, 0) is 48.0 Å². The second-order valence-electron chi connectivity index (χ2n) is 8.36. The Hall–Kier alpha value is -2.81. The summed E-state index contributed by atoms with van der Waals surface area (Å²) in [5, 5.41) is 10.5. The number of nitrogens with two attached hydrogens (primary N) is 2. The number of hydrogen-bond acceptors (Lipinski definition) is 8. The number of nitrogens with zero attached hydrogens (tertiary/aromatic N) is 4. The van der Waals surface area contributed by atoms with Crippen molar-refractivity contribution < 1.29 is 5.11 Å². The number of nitrogen functional groups attached to an aromatic ring is 1. The van der Waals surface area contributed by atoms with Crippen molar-refractivity contribution in [3.05, 3.63) is 64.1 Å². The summed E-state index contributed by atoms with van der Waals surface area (Å²) in [4.78, 5) is 16.5. The molecule has 3 aromatic rings. The Morgan fingerprint density at radius 3 is 2.68 bits per heavy atom. The van der Waals surface area contributed by atoms with E-state index in [1.165, 1.54) is 22.5 Å². The van der Waals surface area contributed by atoms with Gasteiger partial charge in [-0.1, -0.05) is 35.6 Å². The molecule has 5 N–H and O–H groups in total. The summed E-state index contributed by atoms with van der Waals surface area (Å²) in [6.07, 6.45) is 10.3. The molecule has 1 aliphatic carbocycles. The van der Waals surface area contributed by atoms with Crippen LogP contribution < -0.4 is 16.4 Å². The van der Waals surface area contributed by atoms with Crippen LogP contribution >= 0.6 is 11.3 Å². The van der Waals surface area contributed by atoms with Crippen molar-refractivity contribution in [3.63, 3.8) is 0 Å². The highest BCUT2D eigenvalue weighted by atomic mass is 32.1. The summed E-state index contributed by atoms with van der Waals surface area (Å²) < 4.78 is 0. The van der Waals surface area contributed by atoms with Crippen LogP contribution in [0.4, 0.5) is 10.9 Å². The Morgan fingerprint density at radius 2 is 1.97 bits per heavy atom. The highest BCUT2D eigenvalue weighted by Gasteiger charge is 2.46. The third-order valence-electron chi connectivity index (χ3n) is 6.60. The van der Waals surface area contributed by atoms with E-state index in [1.807, 2.05) is 12.2 Å². The first-order chi connectivity index (χ1) is 15.1. The standard InChI is InChI=1S/C23H26N6OS/c24-20-18-4-2-1-3-15(18)11-23(20)7-9-29(10-8-23)21-19(14-30)28-16(12-26-21)5-6-17-13-27-22(25)31-17/h1-6,12-13,20,30H,7-11,14,24H2,(H2,25,27)/b6-5-/t20-/m1/s1. The van der Waals surface area contributed by atoms with Crippen molar-refractivity contribution in [3.8, 4) is 0 Å². The van der Waals surface area contributed by atoms with E-state index in [2.05, 4.69) is 44.1 Å². The van der Waals surface area contributed by atoms with Crippen molar-refractivity contribution in [1.29, 1.82) is 0 Å². The van der Waals surface area contributed by atoms with E-state index in [4.69, 9.17) is 11.5 Å². The van der Waals surface area contributed by atoms with Gasteiger partial charge in [-0.2, -0.15) is 0 Å². The number of rotatable bonds is 4. The minimum atomic E-state index is -0.149. The van der Waals surface area contributed by atoms with Crippen LogP contribution in [-0.2, 0) is 13.0 Å². The van der Waals surface area contributed by atoms with Crippen LogP contribution in [0.3, 0.4) is 0 Å². The number of hydrogen-bond donors (Lipinski definition) is 3. The maximum Gasteiger partial charge on any atom is 0.180 e. The first-order valence-electron chi connectivity index (χ1n) is 10.5. The summed E-state index contributed by atoms with van der Waals surface area (Å²) in [5.41, 5.74) is 16.5. The molecule has 2 aliphatic rings. The lowest BCUT2D eigenvalue weighted by Gasteiger charge is -2.42. The average molecular weight is 435 g/mol. The molecule has 8 heteroatoms. The third kappa shape index (κ3) is 3.71. The lowest BCUT2D eigenvalue weighted by Crippen LogP contribution is -2.45. The SMILES string of the molecule is Nc1ncc(/C=C\c2cnc(N3CCC4(CC3)Cc3ccccc3[C@H]4N)c(CO)n2)s1. The van der Waals surface area contributed by atoms with Crippen LogP contribution in [0.15, 0.2) is 36.7 Å². The second kappa shape index (κ2) is 8.03. The number of aliphatic hydroxyl groups is 1. The van der Waals surface area contributed by atoms with E-state index in [0.717, 1.165) is 43.0 Å². The Bertz CT molecular complexity index is 1120. The molecule has 2 aromatic heterocycles. The van der Waals surface area contributed by atoms with E-state index >= 15 is 0 Å². The smallest absolute Gasteiger partial charge is 0.180 e. The van der Waals surface area contributed by atoms with Gasteiger partial charge in [0, 0.05) is 30.2 Å². The van der Waals surface area contributed by atoms with E-state index in [9.17, 15) is 5.11 Å². The molecule has 160 valence electrons. The van der Waals surface area contributed by atoms with Gasteiger partial charge in [-0.25, -0.2) is 15.0 Å². The maximum absolute atomic E-state index is 9.93. The Labute approximate surface area is 185 Å². The molecule has 1 aliphatic heterocycles. The molecule has 0 unspecified atom stereocenters. The summed E-state index contributed by atoms with van der Waals surface area (Å²) in [7, 11) is 0. The summed E-state index contributed by atoms with van der Waals surface area (Å²) in [6.45, 7) is 1.57. The van der Waals surface area contributed by atoms with Crippen molar-refractivity contribution in [2.24, 2.45) is 11.1 Å². The maximum atomic E-state index is 9.93. The van der Waals surface area contributed by atoms with Gasteiger partial charge in [0.25, 0.3) is 0 Å². The van der Waals surface area contributed by atoms with Gasteiger partial charge in [-0.3, -0.25) is 0 Å². The lowest BCUT2D eigenvalue weighted by atomic mass is 9.73. The van der Waals surface area contributed by atoms with E-state index in [1.54, 1.807) is 12.4 Å². The summed E-state index contributed by atoms with van der Waals surface area (Å²) in [6, 6.07) is 8.64. The van der Waals surface area contributed by atoms with Crippen LogP contribution in [-0.4, -0.2) is 33.1 Å². The summed E-state index contributed by atoms with van der Waals surface area (Å²) >= 11 is 1.41. The Balaban J connectivity index is 1.31. The molecule has 0 saturated carbocycles. The minimum absolute atomic E-state index is 0.0857. The molecule has 1 atom stereocenters. The zero-order chi connectivity index (χ0) is 21.4. The van der Waals surface area contributed by atoms with Gasteiger partial charge in [0.1, 0.15) is 5.69 Å². The number of benzene rings is 1. The van der Waals surface area contributed by atoms with Gasteiger partial charge in [0.15, 0.2) is 10.9 Å². The van der Waals surface area contributed by atoms with Gasteiger partial charge < -0.3 is 21.5 Å². The molecule has 0 radical (unpaired) electrons. The van der Waals surface area contributed by atoms with E-state index < -0.39 is 0 Å². The number of aromatic nitrogens is 3. The molecule has 0 amide bonds. The quantitative estimate of drug-likeness (QED) is 0.578. The zero-order valence-electron chi connectivity index (χ0n) is 17.2. The van der Waals surface area contributed by atoms with Crippen LogP contribution in [0.1, 0.15) is 46.3 Å². The van der Waals surface area contributed by atoms with Crippen molar-refractivity contribution >= 4 is 34.4 Å². The van der Waals surface area contributed by atoms with Crippen LogP contribution in [0, 0.1) is 5.41 Å². The van der Waals surface area contributed by atoms with Crippen molar-refractivity contribution in [1.82, 2.24) is 15.0 Å². The van der Waals surface area contributed by atoms with Gasteiger partial charge in [0.2, 0.25) is 0 Å². The Morgan fingerprint density at radius 1 is 1.16 bits per heavy atom. The molecule has 1 saturated heterocycles. The highest BCUT2D eigenvalue weighted by Crippen LogP contribution is 2.51. The van der Waals surface area contributed by atoms with Crippen LogP contribution in [0.25, 0.3) is 12.2 Å². The largest absolute Gasteiger partial charge is 0.390 e. The fourth-order valence-corrected chi connectivity index (χ4v) is 5.49. The molecule has 1 fully saturated rings. The van der Waals surface area contributed by atoms with Crippen LogP contribution in [0.2, 0.25) is 0 Å². The van der Waals surface area contributed by atoms with Crippen LogP contribution in [0.5, 0.6) is 0 Å². The second-order valence-corrected chi connectivity index (χ2v) is 9.45. The average Bonchev–Trinajstić information content (AvgIpc) is 3.34. The molecule has 31 heavy (non-hydrogen) atoms. The monoisotopic (exact) mass is 434 g/mol.